The molecule has 0 unspecified atom stereocenters. The minimum absolute atomic E-state index is 0.0827. The van der Waals surface area contributed by atoms with Gasteiger partial charge in [-0.2, -0.15) is 5.26 Å². The zero-order valence-electron chi connectivity index (χ0n) is 11.3. The number of carbonyl (C=O) groups excluding carboxylic acids is 1. The first-order chi connectivity index (χ1) is 10.0. The van der Waals surface area contributed by atoms with Crippen LogP contribution >= 0.6 is 11.6 Å². The number of benzene rings is 2. The highest BCUT2D eigenvalue weighted by Gasteiger charge is 2.14. The number of nitrogens with zero attached hydrogens (tertiary/aromatic N) is 2. The van der Waals surface area contributed by atoms with E-state index in [4.69, 9.17) is 16.9 Å². The number of nitriles is 1. The molecule has 0 atom stereocenters. The smallest absolute Gasteiger partial charge is 0.253 e. The Morgan fingerprint density at radius 2 is 2.10 bits per heavy atom. The Morgan fingerprint density at radius 1 is 1.33 bits per heavy atom. The molecule has 1 amide bonds. The molecule has 2 rings (SSSR count). The van der Waals surface area contributed by atoms with E-state index in [0.717, 1.165) is 5.56 Å². The highest BCUT2D eigenvalue weighted by Crippen LogP contribution is 2.17. The molecule has 2 aromatic carbocycles. The lowest BCUT2D eigenvalue weighted by atomic mass is 10.1. The molecule has 21 heavy (non-hydrogen) atoms. The quantitative estimate of drug-likeness (QED) is 0.869. The Bertz CT molecular complexity index is 724. The van der Waals surface area contributed by atoms with Crippen LogP contribution < -0.4 is 0 Å². The molecule has 0 aromatic heterocycles. The van der Waals surface area contributed by atoms with Crippen LogP contribution in [0.3, 0.4) is 0 Å². The summed E-state index contributed by atoms with van der Waals surface area (Å²) in [5.41, 5.74) is 1.71. The average molecular weight is 303 g/mol. The fraction of sp³-hybridized carbons (Fsp3) is 0.125. The van der Waals surface area contributed by atoms with Crippen LogP contribution in [0.15, 0.2) is 42.5 Å². The number of rotatable bonds is 3. The summed E-state index contributed by atoms with van der Waals surface area (Å²) in [7, 11) is 1.64. The molecule has 106 valence electrons. The summed E-state index contributed by atoms with van der Waals surface area (Å²) in [4.78, 5) is 13.7. The van der Waals surface area contributed by atoms with E-state index in [-0.39, 0.29) is 10.9 Å². The summed E-state index contributed by atoms with van der Waals surface area (Å²) in [6.45, 7) is 0.351. The van der Waals surface area contributed by atoms with Crippen molar-refractivity contribution in [2.45, 2.75) is 6.54 Å². The summed E-state index contributed by atoms with van der Waals surface area (Å²) < 4.78 is 13.1. The normalized spacial score (nSPS) is 10.0. The first-order valence-electron chi connectivity index (χ1n) is 6.21. The number of hydrogen-bond donors (Lipinski definition) is 0. The second kappa shape index (κ2) is 6.38. The van der Waals surface area contributed by atoms with Gasteiger partial charge in [0.2, 0.25) is 0 Å². The SMILES string of the molecule is CN(Cc1cccc(C#N)c1)C(=O)c1ccc(F)c(Cl)c1. The Labute approximate surface area is 127 Å². The number of halogens is 2. The maximum Gasteiger partial charge on any atom is 0.253 e. The standard InChI is InChI=1S/C16H12ClFN2O/c1-20(10-12-4-2-3-11(7-12)9-19)16(21)13-5-6-15(18)14(17)8-13/h2-8H,10H2,1H3. The van der Waals surface area contributed by atoms with Crippen molar-refractivity contribution in [2.75, 3.05) is 7.05 Å². The molecular weight excluding hydrogens is 291 g/mol. The lowest BCUT2D eigenvalue weighted by Gasteiger charge is -2.17. The van der Waals surface area contributed by atoms with Gasteiger partial charge in [-0.25, -0.2) is 4.39 Å². The van der Waals surface area contributed by atoms with E-state index >= 15 is 0 Å². The van der Waals surface area contributed by atoms with Gasteiger partial charge >= 0.3 is 0 Å². The topological polar surface area (TPSA) is 44.1 Å². The third-order valence-electron chi connectivity index (χ3n) is 2.99. The molecule has 0 radical (unpaired) electrons. The van der Waals surface area contributed by atoms with Crippen LogP contribution in [-0.4, -0.2) is 17.9 Å². The highest BCUT2D eigenvalue weighted by molar-refractivity contribution is 6.31. The van der Waals surface area contributed by atoms with Crippen molar-refractivity contribution < 1.29 is 9.18 Å². The summed E-state index contributed by atoms with van der Waals surface area (Å²) in [6, 6.07) is 12.9. The van der Waals surface area contributed by atoms with E-state index in [1.54, 1.807) is 25.2 Å². The Hall–Kier alpha value is -2.38. The van der Waals surface area contributed by atoms with E-state index in [1.807, 2.05) is 6.07 Å². The number of amides is 1. The van der Waals surface area contributed by atoms with E-state index in [1.165, 1.54) is 23.1 Å². The number of carbonyl (C=O) groups is 1. The Kier molecular flexibility index (Phi) is 4.56. The summed E-state index contributed by atoms with van der Waals surface area (Å²) in [5.74, 6) is -0.822. The van der Waals surface area contributed by atoms with Crippen LogP contribution in [0, 0.1) is 17.1 Å². The van der Waals surface area contributed by atoms with Crippen molar-refractivity contribution in [2.24, 2.45) is 0 Å². The third-order valence-corrected chi connectivity index (χ3v) is 3.28. The first-order valence-corrected chi connectivity index (χ1v) is 6.58. The van der Waals surface area contributed by atoms with Crippen molar-refractivity contribution in [3.05, 3.63) is 70.0 Å². The highest BCUT2D eigenvalue weighted by atomic mass is 35.5. The van der Waals surface area contributed by atoms with Gasteiger partial charge in [-0.3, -0.25) is 4.79 Å². The Balaban J connectivity index is 2.15. The zero-order valence-corrected chi connectivity index (χ0v) is 12.1. The molecule has 0 aliphatic carbocycles. The van der Waals surface area contributed by atoms with Gasteiger partial charge in [-0.1, -0.05) is 23.7 Å². The van der Waals surface area contributed by atoms with Crippen LogP contribution in [0.1, 0.15) is 21.5 Å². The molecule has 0 fully saturated rings. The van der Waals surface area contributed by atoms with Crippen LogP contribution in [0.4, 0.5) is 4.39 Å². The predicted molar refractivity (Wildman–Crippen MR) is 78.4 cm³/mol. The largest absolute Gasteiger partial charge is 0.337 e. The molecule has 0 heterocycles. The number of hydrogen-bond acceptors (Lipinski definition) is 2. The second-order valence-electron chi connectivity index (χ2n) is 4.60. The molecule has 0 N–H and O–H groups in total. The maximum absolute atomic E-state index is 13.1. The van der Waals surface area contributed by atoms with E-state index < -0.39 is 5.82 Å². The van der Waals surface area contributed by atoms with Crippen molar-refractivity contribution in [1.29, 1.82) is 5.26 Å². The zero-order chi connectivity index (χ0) is 15.4. The molecular formula is C16H12ClFN2O. The second-order valence-corrected chi connectivity index (χ2v) is 5.01. The van der Waals surface area contributed by atoms with Crippen molar-refractivity contribution in [3.8, 4) is 6.07 Å². The van der Waals surface area contributed by atoms with E-state index in [9.17, 15) is 9.18 Å². The van der Waals surface area contributed by atoms with Gasteiger partial charge in [-0.05, 0) is 35.9 Å². The molecule has 5 heteroatoms. The van der Waals surface area contributed by atoms with Crippen LogP contribution in [0.25, 0.3) is 0 Å². The van der Waals surface area contributed by atoms with E-state index in [2.05, 4.69) is 6.07 Å². The average Bonchev–Trinajstić information content (AvgIpc) is 2.49. The van der Waals surface area contributed by atoms with Crippen LogP contribution in [0.5, 0.6) is 0 Å². The fourth-order valence-electron chi connectivity index (χ4n) is 1.93. The maximum atomic E-state index is 13.1. The van der Waals surface area contributed by atoms with Gasteiger partial charge in [-0.15, -0.1) is 0 Å². The molecule has 0 saturated heterocycles. The fourth-order valence-corrected chi connectivity index (χ4v) is 2.11. The molecule has 0 aliphatic rings. The van der Waals surface area contributed by atoms with Gasteiger partial charge in [0.25, 0.3) is 5.91 Å². The molecule has 0 spiro atoms. The summed E-state index contributed by atoms with van der Waals surface area (Å²) >= 11 is 5.68. The lowest BCUT2D eigenvalue weighted by Crippen LogP contribution is -2.26. The molecule has 0 aliphatic heterocycles. The molecule has 2 aromatic rings. The van der Waals surface area contributed by atoms with E-state index in [0.29, 0.717) is 17.7 Å². The minimum atomic E-state index is -0.558. The van der Waals surface area contributed by atoms with Gasteiger partial charge < -0.3 is 4.90 Å². The molecule has 0 bridgehead atoms. The van der Waals surface area contributed by atoms with Crippen molar-refractivity contribution >= 4 is 17.5 Å². The van der Waals surface area contributed by atoms with Crippen molar-refractivity contribution in [3.63, 3.8) is 0 Å². The van der Waals surface area contributed by atoms with Gasteiger partial charge in [0, 0.05) is 19.2 Å². The van der Waals surface area contributed by atoms with Crippen LogP contribution in [0.2, 0.25) is 5.02 Å². The van der Waals surface area contributed by atoms with Gasteiger partial charge in [0.15, 0.2) is 0 Å². The summed E-state index contributed by atoms with van der Waals surface area (Å²) in [5, 5.41) is 8.78. The molecule has 3 nitrogen and oxygen atoms in total. The predicted octanol–water partition coefficient (Wildman–Crippen LogP) is 3.62. The lowest BCUT2D eigenvalue weighted by molar-refractivity contribution is 0.0785. The first kappa shape index (κ1) is 15.0. The van der Waals surface area contributed by atoms with Crippen molar-refractivity contribution in [1.82, 2.24) is 4.90 Å². The summed E-state index contributed by atoms with van der Waals surface area (Å²) in [6.07, 6.45) is 0. The molecule has 0 saturated carbocycles. The monoisotopic (exact) mass is 302 g/mol. The third kappa shape index (κ3) is 3.59. The van der Waals surface area contributed by atoms with Gasteiger partial charge in [0.1, 0.15) is 5.82 Å². The van der Waals surface area contributed by atoms with Gasteiger partial charge in [0.05, 0.1) is 16.7 Å². The Morgan fingerprint density at radius 3 is 2.76 bits per heavy atom. The van der Waals surface area contributed by atoms with Crippen LogP contribution in [-0.2, 0) is 6.54 Å². The minimum Gasteiger partial charge on any atom is -0.337 e.